The van der Waals surface area contributed by atoms with Crippen molar-refractivity contribution in [1.29, 1.82) is 0 Å². The third-order valence-electron chi connectivity index (χ3n) is 2.96. The number of aliphatic hydroxyl groups is 1. The van der Waals surface area contributed by atoms with Gasteiger partial charge >= 0.3 is 0 Å². The lowest BCUT2D eigenvalue weighted by Gasteiger charge is -2.46. The number of rotatable bonds is 0. The number of hydrogen-bond acceptors (Lipinski definition) is 2. The maximum absolute atomic E-state index is 9.51. The summed E-state index contributed by atoms with van der Waals surface area (Å²) in [5.41, 5.74) is 0.164. The van der Waals surface area contributed by atoms with E-state index in [-0.39, 0.29) is 11.6 Å². The predicted octanol–water partition coefficient (Wildman–Crippen LogP) is 1.24. The lowest BCUT2D eigenvalue weighted by Crippen LogP contribution is -2.53. The van der Waals surface area contributed by atoms with Crippen molar-refractivity contribution in [2.45, 2.75) is 51.3 Å². The fraction of sp³-hybridized carbons (Fsp3) is 1.00. The van der Waals surface area contributed by atoms with Gasteiger partial charge in [-0.2, -0.15) is 0 Å². The Balaban J connectivity index is 2.67. The van der Waals surface area contributed by atoms with Crippen LogP contribution >= 0.6 is 0 Å². The zero-order valence-corrected chi connectivity index (χ0v) is 7.96. The minimum Gasteiger partial charge on any atom is -0.393 e. The molecule has 1 rings (SSSR count). The summed E-state index contributed by atoms with van der Waals surface area (Å²) in [6.07, 6.45) is 1.71. The molecule has 0 aromatic carbocycles. The van der Waals surface area contributed by atoms with Gasteiger partial charge in [0.15, 0.2) is 0 Å². The summed E-state index contributed by atoms with van der Waals surface area (Å²) in [6.45, 7) is 6.54. The first kappa shape index (κ1) is 9.01. The van der Waals surface area contributed by atoms with Crippen LogP contribution in [0.5, 0.6) is 0 Å². The van der Waals surface area contributed by atoms with Gasteiger partial charge in [0.25, 0.3) is 0 Å². The summed E-state index contributed by atoms with van der Waals surface area (Å²) in [7, 11) is 2.14. The fourth-order valence-electron chi connectivity index (χ4n) is 1.95. The molecular formula is C9H19NO. The van der Waals surface area contributed by atoms with Crippen LogP contribution in [0, 0.1) is 0 Å². The Bertz CT molecular complexity index is 144. The van der Waals surface area contributed by atoms with Crippen molar-refractivity contribution in [3.05, 3.63) is 0 Å². The minimum absolute atomic E-state index is 0.101. The number of nitrogens with zero attached hydrogens (tertiary/aromatic N) is 1. The fourth-order valence-corrected chi connectivity index (χ4v) is 1.95. The summed E-state index contributed by atoms with van der Waals surface area (Å²) < 4.78 is 0. The molecule has 1 aliphatic rings. The first-order valence-electron chi connectivity index (χ1n) is 4.34. The monoisotopic (exact) mass is 157 g/mol. The Morgan fingerprint density at radius 2 is 2.00 bits per heavy atom. The lowest BCUT2D eigenvalue weighted by molar-refractivity contribution is -0.0192. The molecule has 1 saturated heterocycles. The molecule has 0 spiro atoms. The first-order valence-corrected chi connectivity index (χ1v) is 4.34. The van der Waals surface area contributed by atoms with E-state index in [1.807, 2.05) is 0 Å². The van der Waals surface area contributed by atoms with E-state index in [9.17, 15) is 5.11 Å². The average Bonchev–Trinajstić information content (AvgIpc) is 1.81. The summed E-state index contributed by atoms with van der Waals surface area (Å²) in [4.78, 5) is 2.35. The molecule has 0 amide bonds. The van der Waals surface area contributed by atoms with Gasteiger partial charge in [-0.05, 0) is 40.7 Å². The Morgan fingerprint density at radius 1 is 1.45 bits per heavy atom. The molecule has 2 atom stereocenters. The molecule has 1 N–H and O–H groups in total. The molecule has 66 valence electrons. The number of piperidine rings is 1. The van der Waals surface area contributed by atoms with Crippen LogP contribution in [-0.2, 0) is 0 Å². The summed E-state index contributed by atoms with van der Waals surface area (Å²) in [5, 5.41) is 9.51. The molecule has 1 heterocycles. The molecule has 1 fully saturated rings. The third-order valence-corrected chi connectivity index (χ3v) is 2.96. The molecular weight excluding hydrogens is 138 g/mol. The van der Waals surface area contributed by atoms with Crippen molar-refractivity contribution in [2.75, 3.05) is 7.05 Å². The molecule has 0 saturated carbocycles. The SMILES string of the molecule is C[C@H]1C[C@H](O)CC(C)(C)N1C. The van der Waals surface area contributed by atoms with Crippen molar-refractivity contribution in [1.82, 2.24) is 4.90 Å². The van der Waals surface area contributed by atoms with E-state index in [1.54, 1.807) is 0 Å². The summed E-state index contributed by atoms with van der Waals surface area (Å²) in [5.74, 6) is 0. The molecule has 11 heavy (non-hydrogen) atoms. The topological polar surface area (TPSA) is 23.5 Å². The van der Waals surface area contributed by atoms with Gasteiger partial charge in [0.05, 0.1) is 6.10 Å². The minimum atomic E-state index is -0.101. The van der Waals surface area contributed by atoms with Gasteiger partial charge in [0.2, 0.25) is 0 Å². The molecule has 0 unspecified atom stereocenters. The second-order valence-corrected chi connectivity index (χ2v) is 4.37. The van der Waals surface area contributed by atoms with Crippen LogP contribution in [-0.4, -0.2) is 34.7 Å². The zero-order chi connectivity index (χ0) is 8.65. The second kappa shape index (κ2) is 2.76. The van der Waals surface area contributed by atoms with Crippen molar-refractivity contribution >= 4 is 0 Å². The van der Waals surface area contributed by atoms with E-state index in [0.717, 1.165) is 12.8 Å². The van der Waals surface area contributed by atoms with Crippen molar-refractivity contribution < 1.29 is 5.11 Å². The van der Waals surface area contributed by atoms with Gasteiger partial charge in [0, 0.05) is 11.6 Å². The average molecular weight is 157 g/mol. The Labute approximate surface area is 69.2 Å². The Hall–Kier alpha value is -0.0800. The highest BCUT2D eigenvalue weighted by molar-refractivity contribution is 4.91. The Kier molecular flexibility index (Phi) is 2.26. The highest BCUT2D eigenvalue weighted by atomic mass is 16.3. The quantitative estimate of drug-likeness (QED) is 0.572. The smallest absolute Gasteiger partial charge is 0.0572 e. The summed E-state index contributed by atoms with van der Waals surface area (Å²) >= 11 is 0. The summed E-state index contributed by atoms with van der Waals surface area (Å²) in [6, 6.07) is 0.508. The van der Waals surface area contributed by atoms with Gasteiger partial charge in [-0.3, -0.25) is 4.90 Å². The third kappa shape index (κ3) is 1.74. The first-order chi connectivity index (χ1) is 4.93. The number of likely N-dealkylation sites (tertiary alicyclic amines) is 1. The molecule has 2 heteroatoms. The largest absolute Gasteiger partial charge is 0.393 e. The zero-order valence-electron chi connectivity index (χ0n) is 7.96. The van der Waals surface area contributed by atoms with E-state index in [2.05, 4.69) is 32.7 Å². The van der Waals surface area contributed by atoms with Gasteiger partial charge < -0.3 is 5.11 Å². The van der Waals surface area contributed by atoms with Crippen LogP contribution in [0.3, 0.4) is 0 Å². The van der Waals surface area contributed by atoms with Gasteiger partial charge in [0.1, 0.15) is 0 Å². The van der Waals surface area contributed by atoms with E-state index in [4.69, 9.17) is 0 Å². The van der Waals surface area contributed by atoms with Crippen molar-refractivity contribution in [3.63, 3.8) is 0 Å². The van der Waals surface area contributed by atoms with E-state index in [0.29, 0.717) is 6.04 Å². The molecule has 0 aromatic rings. The van der Waals surface area contributed by atoms with Crippen molar-refractivity contribution in [3.8, 4) is 0 Å². The molecule has 2 nitrogen and oxygen atoms in total. The second-order valence-electron chi connectivity index (χ2n) is 4.37. The molecule has 1 aliphatic heterocycles. The molecule has 0 aromatic heterocycles. The highest BCUT2D eigenvalue weighted by Crippen LogP contribution is 2.29. The normalized spacial score (nSPS) is 39.0. The van der Waals surface area contributed by atoms with E-state index in [1.165, 1.54) is 0 Å². The van der Waals surface area contributed by atoms with Crippen LogP contribution < -0.4 is 0 Å². The van der Waals surface area contributed by atoms with E-state index >= 15 is 0 Å². The van der Waals surface area contributed by atoms with Crippen LogP contribution in [0.1, 0.15) is 33.6 Å². The maximum Gasteiger partial charge on any atom is 0.0572 e. The standard InChI is InChI=1S/C9H19NO/c1-7-5-8(11)6-9(2,3)10(7)4/h7-8,11H,5-6H2,1-4H3/t7-,8-/m0/s1. The van der Waals surface area contributed by atoms with Crippen LogP contribution in [0.15, 0.2) is 0 Å². The van der Waals surface area contributed by atoms with Gasteiger partial charge in [-0.1, -0.05) is 0 Å². The van der Waals surface area contributed by atoms with E-state index < -0.39 is 0 Å². The highest BCUT2D eigenvalue weighted by Gasteiger charge is 2.35. The van der Waals surface area contributed by atoms with Crippen LogP contribution in [0.25, 0.3) is 0 Å². The van der Waals surface area contributed by atoms with Crippen molar-refractivity contribution in [2.24, 2.45) is 0 Å². The molecule has 0 radical (unpaired) electrons. The maximum atomic E-state index is 9.51. The molecule has 0 aliphatic carbocycles. The van der Waals surface area contributed by atoms with Gasteiger partial charge in [-0.15, -0.1) is 0 Å². The number of hydrogen-bond donors (Lipinski definition) is 1. The molecule has 0 bridgehead atoms. The Morgan fingerprint density at radius 3 is 2.45 bits per heavy atom. The van der Waals surface area contributed by atoms with Gasteiger partial charge in [-0.25, -0.2) is 0 Å². The predicted molar refractivity (Wildman–Crippen MR) is 46.5 cm³/mol. The van der Waals surface area contributed by atoms with Crippen LogP contribution in [0.2, 0.25) is 0 Å². The number of aliphatic hydroxyl groups excluding tert-OH is 1. The lowest BCUT2D eigenvalue weighted by atomic mass is 9.86. The van der Waals surface area contributed by atoms with Crippen LogP contribution in [0.4, 0.5) is 0 Å².